The number of hydrogen-bond acceptors (Lipinski definition) is 1. The van der Waals surface area contributed by atoms with E-state index < -0.39 is 10.8 Å². The van der Waals surface area contributed by atoms with Gasteiger partial charge in [-0.15, -0.1) is 0 Å². The van der Waals surface area contributed by atoms with E-state index >= 15 is 0 Å². The van der Waals surface area contributed by atoms with Gasteiger partial charge < -0.3 is 4.55 Å². The van der Waals surface area contributed by atoms with E-state index in [4.69, 9.17) is 4.55 Å². The molecule has 0 saturated heterocycles. The van der Waals surface area contributed by atoms with Crippen LogP contribution >= 0.6 is 10.8 Å². The van der Waals surface area contributed by atoms with Crippen LogP contribution in [-0.2, 0) is 0 Å². The Morgan fingerprint density at radius 2 is 2.00 bits per heavy atom. The summed E-state index contributed by atoms with van der Waals surface area (Å²) >= 11 is 0. The smallest absolute Gasteiger partial charge is 0.0171 e. The highest BCUT2D eigenvalue weighted by molar-refractivity contribution is 8.11. The predicted octanol–water partition coefficient (Wildman–Crippen LogP) is 1.30. The minimum atomic E-state index is -0.809. The molecule has 0 aliphatic heterocycles. The van der Waals surface area contributed by atoms with E-state index in [-0.39, 0.29) is 0 Å². The van der Waals surface area contributed by atoms with Crippen molar-refractivity contribution in [3.8, 4) is 0 Å². The van der Waals surface area contributed by atoms with E-state index in [0.29, 0.717) is 0 Å². The summed E-state index contributed by atoms with van der Waals surface area (Å²) in [7, 11) is -0.809. The molecule has 0 aromatic carbocycles. The fourth-order valence-corrected chi connectivity index (χ4v) is 0. The molecule has 0 aliphatic carbocycles. The van der Waals surface area contributed by atoms with Gasteiger partial charge in [0.2, 0.25) is 0 Å². The highest BCUT2D eigenvalue weighted by Crippen LogP contribution is 1.97. The molecule has 0 saturated carbocycles. The SMILES string of the molecule is C=CS(=C)O. The van der Waals surface area contributed by atoms with Crippen molar-refractivity contribution in [2.24, 2.45) is 0 Å². The lowest BCUT2D eigenvalue weighted by Crippen LogP contribution is -1.44. The van der Waals surface area contributed by atoms with Crippen LogP contribution in [0.4, 0.5) is 0 Å². The fraction of sp³-hybridized carbons (Fsp3) is 0. The Labute approximate surface area is 34.1 Å². The molecule has 0 rings (SSSR count). The van der Waals surface area contributed by atoms with Gasteiger partial charge >= 0.3 is 0 Å². The van der Waals surface area contributed by atoms with Gasteiger partial charge in [0.15, 0.2) is 0 Å². The first-order valence-electron chi connectivity index (χ1n) is 1.12. The first kappa shape index (κ1) is 4.92. The first-order valence-corrected chi connectivity index (χ1v) is 2.53. The summed E-state index contributed by atoms with van der Waals surface area (Å²) in [4.78, 5) is 0. The van der Waals surface area contributed by atoms with E-state index in [9.17, 15) is 0 Å². The van der Waals surface area contributed by atoms with E-state index in [1.807, 2.05) is 0 Å². The van der Waals surface area contributed by atoms with Crippen molar-refractivity contribution in [1.29, 1.82) is 0 Å². The molecule has 2 heteroatoms. The first-order chi connectivity index (χ1) is 2.27. The summed E-state index contributed by atoms with van der Waals surface area (Å²) in [5, 5.41) is 1.39. The molecule has 1 nitrogen and oxygen atoms in total. The quantitative estimate of drug-likeness (QED) is 0.481. The molecular formula is C3H6OS. The molecule has 0 spiro atoms. The molecule has 30 valence electrons. The summed E-state index contributed by atoms with van der Waals surface area (Å²) in [6.07, 6.45) is 0. The van der Waals surface area contributed by atoms with Gasteiger partial charge in [-0.05, 0) is 22.0 Å². The molecule has 0 aromatic rings. The summed E-state index contributed by atoms with van der Waals surface area (Å²) in [5.74, 6) is 3.22. The van der Waals surface area contributed by atoms with Crippen molar-refractivity contribution >= 4 is 16.6 Å². The summed E-state index contributed by atoms with van der Waals surface area (Å²) < 4.78 is 8.16. The van der Waals surface area contributed by atoms with Crippen LogP contribution in [-0.4, -0.2) is 10.4 Å². The normalized spacial score (nSPS) is 13.8. The lowest BCUT2D eigenvalue weighted by atomic mass is 11.3. The van der Waals surface area contributed by atoms with Crippen LogP contribution in [0.2, 0.25) is 0 Å². The molecule has 0 heterocycles. The number of hydrogen-bond donors (Lipinski definition) is 1. The predicted molar refractivity (Wildman–Crippen MR) is 27.5 cm³/mol. The second-order valence-corrected chi connectivity index (χ2v) is 1.70. The van der Waals surface area contributed by atoms with Gasteiger partial charge in [0, 0.05) is 0 Å². The molecule has 1 unspecified atom stereocenters. The summed E-state index contributed by atoms with van der Waals surface area (Å²) in [6.45, 7) is 3.26. The van der Waals surface area contributed by atoms with Crippen molar-refractivity contribution in [2.45, 2.75) is 0 Å². The van der Waals surface area contributed by atoms with Gasteiger partial charge in [-0.2, -0.15) is 0 Å². The second-order valence-electron chi connectivity index (χ2n) is 0.568. The van der Waals surface area contributed by atoms with Crippen LogP contribution in [0.1, 0.15) is 0 Å². The Morgan fingerprint density at radius 3 is 2.00 bits per heavy atom. The molecule has 0 aliphatic rings. The fourth-order valence-electron chi connectivity index (χ4n) is 0. The maximum Gasteiger partial charge on any atom is -0.0171 e. The van der Waals surface area contributed by atoms with Gasteiger partial charge in [0.25, 0.3) is 0 Å². The minimum absolute atomic E-state index is 0.809. The molecular weight excluding hydrogens is 84.1 g/mol. The van der Waals surface area contributed by atoms with E-state index in [0.717, 1.165) is 0 Å². The molecule has 0 bridgehead atoms. The Balaban J connectivity index is 3.20. The largest absolute Gasteiger partial charge is 0.334 e. The topological polar surface area (TPSA) is 20.2 Å². The highest BCUT2D eigenvalue weighted by Gasteiger charge is 1.57. The van der Waals surface area contributed by atoms with E-state index in [1.54, 1.807) is 0 Å². The third-order valence-corrected chi connectivity index (χ3v) is 0.577. The van der Waals surface area contributed by atoms with Crippen LogP contribution in [0, 0.1) is 0 Å². The molecule has 1 atom stereocenters. The monoisotopic (exact) mass is 90.0 g/mol. The Hall–Kier alpha value is -0.0800. The van der Waals surface area contributed by atoms with E-state index in [1.165, 1.54) is 5.41 Å². The third kappa shape index (κ3) is 3.92. The zero-order valence-electron chi connectivity index (χ0n) is 2.85. The van der Waals surface area contributed by atoms with Crippen molar-refractivity contribution < 1.29 is 4.55 Å². The minimum Gasteiger partial charge on any atom is -0.334 e. The summed E-state index contributed by atoms with van der Waals surface area (Å²) in [6, 6.07) is 0. The standard InChI is InChI=1S/C3H6OS/c1-3-5(2)4/h3-4H,1-2H2. The van der Waals surface area contributed by atoms with Crippen LogP contribution in [0.15, 0.2) is 12.0 Å². The molecule has 0 amide bonds. The molecule has 5 heavy (non-hydrogen) atoms. The van der Waals surface area contributed by atoms with Crippen molar-refractivity contribution in [3.05, 3.63) is 12.0 Å². The lowest BCUT2D eigenvalue weighted by molar-refractivity contribution is 0.668. The van der Waals surface area contributed by atoms with Crippen LogP contribution < -0.4 is 0 Å². The molecule has 0 radical (unpaired) electrons. The Kier molecular flexibility index (Phi) is 2.14. The average molecular weight is 90.1 g/mol. The van der Waals surface area contributed by atoms with Gasteiger partial charge in [-0.1, -0.05) is 6.58 Å². The van der Waals surface area contributed by atoms with E-state index in [2.05, 4.69) is 12.4 Å². The van der Waals surface area contributed by atoms with Gasteiger partial charge in [0.1, 0.15) is 0 Å². The molecule has 0 fully saturated rings. The van der Waals surface area contributed by atoms with Crippen molar-refractivity contribution in [2.75, 3.05) is 0 Å². The molecule has 0 aromatic heterocycles. The zero-order chi connectivity index (χ0) is 4.28. The Bertz CT molecular complexity index is 57.9. The van der Waals surface area contributed by atoms with Gasteiger partial charge in [-0.3, -0.25) is 0 Å². The van der Waals surface area contributed by atoms with Crippen molar-refractivity contribution in [1.82, 2.24) is 0 Å². The lowest BCUT2D eigenvalue weighted by Gasteiger charge is -1.75. The van der Waals surface area contributed by atoms with Gasteiger partial charge in [0.05, 0.1) is 0 Å². The van der Waals surface area contributed by atoms with Crippen LogP contribution in [0.5, 0.6) is 0 Å². The average Bonchev–Trinajstić information content (AvgIpc) is 1.38. The van der Waals surface area contributed by atoms with Gasteiger partial charge in [-0.25, -0.2) is 0 Å². The molecule has 1 N–H and O–H groups in total. The van der Waals surface area contributed by atoms with Crippen LogP contribution in [0.3, 0.4) is 0 Å². The maximum atomic E-state index is 8.16. The maximum absolute atomic E-state index is 8.16. The zero-order valence-corrected chi connectivity index (χ0v) is 3.66. The highest BCUT2D eigenvalue weighted by atomic mass is 32.2. The number of rotatable bonds is 1. The Morgan fingerprint density at radius 1 is 1.80 bits per heavy atom. The van der Waals surface area contributed by atoms with Crippen LogP contribution in [0.25, 0.3) is 0 Å². The summed E-state index contributed by atoms with van der Waals surface area (Å²) in [5.41, 5.74) is 0. The second kappa shape index (κ2) is 2.18. The third-order valence-electron chi connectivity index (χ3n) is 0.192. The van der Waals surface area contributed by atoms with Crippen molar-refractivity contribution in [3.63, 3.8) is 0 Å².